The lowest BCUT2D eigenvalue weighted by molar-refractivity contribution is 0.580. The van der Waals surface area contributed by atoms with Crippen molar-refractivity contribution < 1.29 is 8.42 Å². The minimum absolute atomic E-state index is 0.0698. The monoisotopic (exact) mass is 274 g/mol. The van der Waals surface area contributed by atoms with Crippen LogP contribution in [0, 0.1) is 0 Å². The van der Waals surface area contributed by atoms with Gasteiger partial charge in [0.25, 0.3) is 0 Å². The summed E-state index contributed by atoms with van der Waals surface area (Å²) in [7, 11) is -3.43. The minimum atomic E-state index is -3.43. The minimum Gasteiger partial charge on any atom is -0.376 e. The van der Waals surface area contributed by atoms with Crippen LogP contribution in [-0.2, 0) is 10.0 Å². The zero-order valence-corrected chi connectivity index (χ0v) is 11.0. The fourth-order valence-electron chi connectivity index (χ4n) is 2.22. The zero-order valence-electron chi connectivity index (χ0n) is 10.2. The number of nitrogens with one attached hydrogen (secondary N) is 2. The molecule has 1 heterocycles. The summed E-state index contributed by atoms with van der Waals surface area (Å²) in [6, 6.07) is 16.7. The van der Waals surface area contributed by atoms with Crippen LogP contribution in [0.2, 0.25) is 0 Å². The molecule has 2 N–H and O–H groups in total. The number of hydrogen-bond acceptors (Lipinski definition) is 3. The number of fused-ring (bicyclic) bond motifs is 1. The van der Waals surface area contributed by atoms with Crippen LogP contribution < -0.4 is 10.0 Å². The Bertz CT molecular complexity index is 684. The summed E-state index contributed by atoms with van der Waals surface area (Å²) in [5.74, 6) is 0. The highest BCUT2D eigenvalue weighted by molar-refractivity contribution is 7.89. The van der Waals surface area contributed by atoms with E-state index in [4.69, 9.17) is 0 Å². The average molecular weight is 274 g/mol. The van der Waals surface area contributed by atoms with Crippen LogP contribution in [0.1, 0.15) is 11.6 Å². The van der Waals surface area contributed by atoms with Crippen LogP contribution in [0.25, 0.3) is 0 Å². The Morgan fingerprint density at radius 3 is 2.42 bits per heavy atom. The van der Waals surface area contributed by atoms with Crippen molar-refractivity contribution in [1.29, 1.82) is 0 Å². The first-order valence-electron chi connectivity index (χ1n) is 6.07. The molecule has 0 spiro atoms. The van der Waals surface area contributed by atoms with Gasteiger partial charge in [-0.1, -0.05) is 42.5 Å². The van der Waals surface area contributed by atoms with E-state index < -0.39 is 10.0 Å². The molecule has 0 saturated heterocycles. The second kappa shape index (κ2) is 4.68. The van der Waals surface area contributed by atoms with Crippen molar-refractivity contribution in [2.45, 2.75) is 10.9 Å². The third kappa shape index (κ3) is 2.34. The van der Waals surface area contributed by atoms with Crippen molar-refractivity contribution in [2.24, 2.45) is 0 Å². The van der Waals surface area contributed by atoms with Crippen molar-refractivity contribution in [3.63, 3.8) is 0 Å². The van der Waals surface area contributed by atoms with E-state index in [9.17, 15) is 8.42 Å². The smallest absolute Gasteiger partial charge is 0.242 e. The normalized spacial score (nSPS) is 20.9. The summed E-state index contributed by atoms with van der Waals surface area (Å²) in [5, 5.41) is 3.29. The van der Waals surface area contributed by atoms with Crippen LogP contribution in [0.3, 0.4) is 0 Å². The molecule has 1 aliphatic heterocycles. The molecule has 2 aromatic rings. The maximum Gasteiger partial charge on any atom is 0.242 e. The molecular formula is C14H14N2O2S. The van der Waals surface area contributed by atoms with Gasteiger partial charge in [0.15, 0.2) is 0 Å². The van der Waals surface area contributed by atoms with Gasteiger partial charge in [-0.2, -0.15) is 0 Å². The van der Waals surface area contributed by atoms with E-state index >= 15 is 0 Å². The highest BCUT2D eigenvalue weighted by Gasteiger charge is 2.25. The van der Waals surface area contributed by atoms with Crippen molar-refractivity contribution in [2.75, 3.05) is 11.9 Å². The number of rotatable bonds is 1. The van der Waals surface area contributed by atoms with Crippen LogP contribution in [0.4, 0.5) is 5.69 Å². The molecule has 98 valence electrons. The van der Waals surface area contributed by atoms with Crippen LogP contribution >= 0.6 is 0 Å². The topological polar surface area (TPSA) is 58.2 Å². The number of sulfonamides is 1. The van der Waals surface area contributed by atoms with Crippen molar-refractivity contribution >= 4 is 15.7 Å². The van der Waals surface area contributed by atoms with Gasteiger partial charge in [0.05, 0.1) is 11.7 Å². The summed E-state index contributed by atoms with van der Waals surface area (Å²) in [4.78, 5) is 0.299. The molecule has 0 aliphatic carbocycles. The summed E-state index contributed by atoms with van der Waals surface area (Å²) in [6.45, 7) is 0.334. The Morgan fingerprint density at radius 1 is 0.947 bits per heavy atom. The molecule has 0 fully saturated rings. The van der Waals surface area contributed by atoms with Gasteiger partial charge in [-0.15, -0.1) is 0 Å². The summed E-state index contributed by atoms with van der Waals surface area (Å²) >= 11 is 0. The van der Waals surface area contributed by atoms with Crippen molar-refractivity contribution in [1.82, 2.24) is 4.72 Å². The van der Waals surface area contributed by atoms with Crippen LogP contribution in [-0.4, -0.2) is 15.0 Å². The van der Waals surface area contributed by atoms with Gasteiger partial charge in [0.1, 0.15) is 4.90 Å². The van der Waals surface area contributed by atoms with E-state index in [1.54, 1.807) is 18.2 Å². The largest absolute Gasteiger partial charge is 0.376 e. The summed E-state index contributed by atoms with van der Waals surface area (Å²) < 4.78 is 26.9. The van der Waals surface area contributed by atoms with Crippen LogP contribution in [0.15, 0.2) is 59.5 Å². The Labute approximate surface area is 112 Å². The second-order valence-electron chi connectivity index (χ2n) is 4.46. The first-order valence-corrected chi connectivity index (χ1v) is 7.55. The molecular weight excluding hydrogens is 260 g/mol. The Balaban J connectivity index is 2.04. The molecule has 1 aliphatic rings. The molecule has 1 atom stereocenters. The van der Waals surface area contributed by atoms with Crippen LogP contribution in [0.5, 0.6) is 0 Å². The number of hydrogen-bond donors (Lipinski definition) is 2. The quantitative estimate of drug-likeness (QED) is 0.837. The molecule has 0 saturated carbocycles. The van der Waals surface area contributed by atoms with E-state index in [0.717, 1.165) is 5.56 Å². The third-order valence-corrected chi connectivity index (χ3v) is 4.67. The van der Waals surface area contributed by atoms with E-state index in [-0.39, 0.29) is 6.04 Å². The lowest BCUT2D eigenvalue weighted by Crippen LogP contribution is -2.27. The Hall–Kier alpha value is -1.85. The molecule has 2 aromatic carbocycles. The van der Waals surface area contributed by atoms with Crippen molar-refractivity contribution in [3.05, 3.63) is 60.2 Å². The second-order valence-corrected chi connectivity index (χ2v) is 6.19. The third-order valence-electron chi connectivity index (χ3n) is 3.19. The van der Waals surface area contributed by atoms with Gasteiger partial charge in [0, 0.05) is 6.54 Å². The molecule has 0 amide bonds. The molecule has 3 rings (SSSR count). The van der Waals surface area contributed by atoms with Gasteiger partial charge in [-0.25, -0.2) is 13.1 Å². The predicted molar refractivity (Wildman–Crippen MR) is 74.4 cm³/mol. The highest BCUT2D eigenvalue weighted by atomic mass is 32.2. The Kier molecular flexibility index (Phi) is 3.00. The van der Waals surface area contributed by atoms with E-state index in [1.807, 2.05) is 36.4 Å². The maximum absolute atomic E-state index is 12.1. The average Bonchev–Trinajstić information content (AvgIpc) is 2.57. The van der Waals surface area contributed by atoms with Gasteiger partial charge in [0.2, 0.25) is 10.0 Å². The van der Waals surface area contributed by atoms with E-state index in [1.165, 1.54) is 0 Å². The Morgan fingerprint density at radius 2 is 1.63 bits per heavy atom. The molecule has 5 heteroatoms. The molecule has 1 unspecified atom stereocenters. The lowest BCUT2D eigenvalue weighted by atomic mass is 10.1. The fourth-order valence-corrected chi connectivity index (χ4v) is 3.43. The number of para-hydroxylation sites is 1. The molecule has 4 nitrogen and oxygen atoms in total. The van der Waals surface area contributed by atoms with Crippen molar-refractivity contribution in [3.8, 4) is 0 Å². The summed E-state index contributed by atoms with van der Waals surface area (Å²) in [5.41, 5.74) is 1.70. The van der Waals surface area contributed by atoms with E-state index in [2.05, 4.69) is 10.0 Å². The zero-order chi connectivity index (χ0) is 13.3. The first kappa shape index (κ1) is 12.2. The molecule has 19 heavy (non-hydrogen) atoms. The highest BCUT2D eigenvalue weighted by Crippen LogP contribution is 2.28. The lowest BCUT2D eigenvalue weighted by Gasteiger charge is -2.17. The van der Waals surface area contributed by atoms with E-state index in [0.29, 0.717) is 17.1 Å². The first-order chi connectivity index (χ1) is 9.17. The standard InChI is InChI=1S/C14H14N2O2S/c17-19(18)14-9-5-4-8-12(14)16-13(10-15-19)11-6-2-1-3-7-11/h1-9,13,15-16H,10H2. The fraction of sp³-hybridized carbons (Fsp3) is 0.143. The maximum atomic E-state index is 12.1. The van der Waals surface area contributed by atoms with Gasteiger partial charge in [-0.3, -0.25) is 0 Å². The molecule has 0 bridgehead atoms. The van der Waals surface area contributed by atoms with Gasteiger partial charge in [-0.05, 0) is 17.7 Å². The van der Waals surface area contributed by atoms with Gasteiger partial charge < -0.3 is 5.32 Å². The predicted octanol–water partition coefficient (Wildman–Crippen LogP) is 2.13. The SMILES string of the molecule is O=S1(=O)NCC(c2ccccc2)Nc2ccccc21. The number of benzene rings is 2. The number of anilines is 1. The molecule has 0 radical (unpaired) electrons. The van der Waals surface area contributed by atoms with Gasteiger partial charge >= 0.3 is 0 Å². The summed E-state index contributed by atoms with van der Waals surface area (Å²) in [6.07, 6.45) is 0. The molecule has 0 aromatic heterocycles.